The predicted octanol–water partition coefficient (Wildman–Crippen LogP) is 13.1. The van der Waals surface area contributed by atoms with Gasteiger partial charge in [-0.1, -0.05) is 149 Å². The van der Waals surface area contributed by atoms with Gasteiger partial charge in [-0.15, -0.1) is 0 Å². The van der Waals surface area contributed by atoms with Crippen molar-refractivity contribution in [3.05, 3.63) is 109 Å². The number of rotatable bonds is 39. The van der Waals surface area contributed by atoms with Crippen LogP contribution >= 0.6 is 7.82 Å². The van der Waals surface area contributed by atoms with Crippen molar-refractivity contribution < 1.29 is 42.1 Å². The molecule has 9 nitrogen and oxygen atoms in total. The quantitative estimate of drug-likeness (QED) is 0.0214. The Morgan fingerprint density at radius 2 is 0.983 bits per heavy atom. The van der Waals surface area contributed by atoms with Crippen LogP contribution in [0, 0.1) is 0 Å². The van der Waals surface area contributed by atoms with Crippen molar-refractivity contribution in [2.45, 2.75) is 148 Å². The topological polar surface area (TPSA) is 108 Å². The van der Waals surface area contributed by atoms with Crippen LogP contribution in [0.2, 0.25) is 0 Å². The van der Waals surface area contributed by atoms with E-state index in [1.807, 2.05) is 33.3 Å². The highest BCUT2D eigenvalue weighted by atomic mass is 31.2. The van der Waals surface area contributed by atoms with Crippen molar-refractivity contribution in [3.8, 4) is 0 Å². The lowest BCUT2D eigenvalue weighted by Crippen LogP contribution is -2.37. The number of ether oxygens (including phenoxy) is 2. The van der Waals surface area contributed by atoms with Crippen LogP contribution in [0.5, 0.6) is 0 Å². The first-order chi connectivity index (χ1) is 29.0. The lowest BCUT2D eigenvalue weighted by atomic mass is 10.1. The first-order valence-corrected chi connectivity index (χ1v) is 24.1. The number of hydrogen-bond acceptors (Lipinski definition) is 7. The molecule has 0 rings (SSSR count). The number of phosphoric acid groups is 1. The molecule has 0 saturated heterocycles. The third kappa shape index (κ3) is 44.2. The van der Waals surface area contributed by atoms with Crippen LogP contribution in [0.3, 0.4) is 0 Å². The summed E-state index contributed by atoms with van der Waals surface area (Å²) in [5.74, 6) is -0.934. The Hall–Kier alpha value is -3.33. The molecular weight excluding hydrogens is 774 g/mol. The SMILES string of the molecule is CC/C=C\C/C=C\C/C=C\C/C=C\C/C=C\C/C=C\CCC(=O)O[C@H](COC(=O)CCCCCC/C=C\C/C=C\C/C=C\CCCCC)COP(=O)(O)OCC[N+](C)(C)C. The maximum atomic E-state index is 12.7. The van der Waals surface area contributed by atoms with Gasteiger partial charge in [0, 0.05) is 12.8 Å². The minimum atomic E-state index is -4.41. The normalized spacial score (nSPS) is 14.6. The van der Waals surface area contributed by atoms with Crippen LogP contribution in [0.1, 0.15) is 142 Å². The Morgan fingerprint density at radius 3 is 1.47 bits per heavy atom. The van der Waals surface area contributed by atoms with E-state index in [0.29, 0.717) is 23.9 Å². The second kappa shape index (κ2) is 41.0. The second-order valence-corrected chi connectivity index (χ2v) is 17.1. The summed E-state index contributed by atoms with van der Waals surface area (Å²) < 4.78 is 34.2. The zero-order valence-corrected chi connectivity index (χ0v) is 39.0. The molecule has 0 heterocycles. The molecule has 60 heavy (non-hydrogen) atoms. The maximum Gasteiger partial charge on any atom is 0.472 e. The Morgan fingerprint density at radius 1 is 0.533 bits per heavy atom. The first kappa shape index (κ1) is 56.7. The molecule has 0 radical (unpaired) electrons. The highest BCUT2D eigenvalue weighted by molar-refractivity contribution is 7.47. The fourth-order valence-corrected chi connectivity index (χ4v) is 6.02. The lowest BCUT2D eigenvalue weighted by Gasteiger charge is -2.24. The highest BCUT2D eigenvalue weighted by Gasteiger charge is 2.27. The standard InChI is InChI=1S/C50H82NO8P/c1-6-8-10-12-14-16-18-20-22-24-25-27-29-31-33-35-37-39-41-43-50(53)59-48(47-58-60(54,55)57-45-44-51(3,4)5)46-56-49(52)42-40-38-36-34-32-30-28-26-23-21-19-17-15-13-11-9-7-2/h8,10,14-17,20-23,25,27-28,30-31,33,37,39,48H,6-7,9,11-13,18-19,24,26,29,32,34-36,38,40-47H2,1-5H3/p+1/b10-8-,16-14-,17-15-,22-20-,23-21-,27-25-,30-28-,33-31-,39-37-/t48-/m1/s1. The molecular formula is C50H83NO8P+. The molecule has 0 aliphatic heterocycles. The smallest absolute Gasteiger partial charge is 0.462 e. The number of carbonyl (C=O) groups excluding carboxylic acids is 2. The van der Waals surface area contributed by atoms with Gasteiger partial charge in [-0.05, 0) is 89.9 Å². The molecule has 0 fully saturated rings. The fourth-order valence-electron chi connectivity index (χ4n) is 5.28. The van der Waals surface area contributed by atoms with Gasteiger partial charge >= 0.3 is 19.8 Å². The number of quaternary nitrogens is 1. The molecule has 0 aliphatic carbocycles. The van der Waals surface area contributed by atoms with Crippen LogP contribution in [-0.4, -0.2) is 74.9 Å². The number of unbranched alkanes of at least 4 members (excludes halogenated alkanes) is 7. The summed E-state index contributed by atoms with van der Waals surface area (Å²) in [5, 5.41) is 0. The largest absolute Gasteiger partial charge is 0.472 e. The molecule has 10 heteroatoms. The summed E-state index contributed by atoms with van der Waals surface area (Å²) in [6, 6.07) is 0. The average molecular weight is 857 g/mol. The van der Waals surface area contributed by atoms with Crippen LogP contribution in [0.25, 0.3) is 0 Å². The highest BCUT2D eigenvalue weighted by Crippen LogP contribution is 2.43. The first-order valence-electron chi connectivity index (χ1n) is 22.6. The number of likely N-dealkylation sites (N-methyl/N-ethyl adjacent to an activating group) is 1. The average Bonchev–Trinajstić information content (AvgIpc) is 3.20. The summed E-state index contributed by atoms with van der Waals surface area (Å²) in [6.45, 7) is 4.14. The van der Waals surface area contributed by atoms with Gasteiger partial charge in [-0.3, -0.25) is 18.6 Å². The number of nitrogens with zero attached hydrogens (tertiary/aromatic N) is 1. The summed E-state index contributed by atoms with van der Waals surface area (Å²) in [7, 11) is 1.40. The van der Waals surface area contributed by atoms with Crippen molar-refractivity contribution in [1.29, 1.82) is 0 Å². The number of allylic oxidation sites excluding steroid dienone is 18. The molecule has 0 saturated carbocycles. The van der Waals surface area contributed by atoms with Crippen LogP contribution in [0.4, 0.5) is 0 Å². The number of esters is 2. The fraction of sp³-hybridized carbons (Fsp3) is 0.600. The zero-order chi connectivity index (χ0) is 44.3. The van der Waals surface area contributed by atoms with Crippen molar-refractivity contribution in [1.82, 2.24) is 0 Å². The molecule has 1 N–H and O–H groups in total. The Labute approximate surface area is 366 Å². The van der Waals surface area contributed by atoms with Gasteiger partial charge < -0.3 is 18.9 Å². The maximum absolute atomic E-state index is 12.7. The van der Waals surface area contributed by atoms with E-state index >= 15 is 0 Å². The van der Waals surface area contributed by atoms with Crippen molar-refractivity contribution in [2.75, 3.05) is 47.5 Å². The minimum absolute atomic E-state index is 0.00761. The van der Waals surface area contributed by atoms with E-state index in [1.165, 1.54) is 25.7 Å². The Balaban J connectivity index is 4.54. The van der Waals surface area contributed by atoms with E-state index in [1.54, 1.807) is 0 Å². The van der Waals surface area contributed by atoms with E-state index in [4.69, 9.17) is 18.5 Å². The van der Waals surface area contributed by atoms with E-state index in [0.717, 1.165) is 77.0 Å². The summed E-state index contributed by atoms with van der Waals surface area (Å²) in [5.41, 5.74) is 0. The van der Waals surface area contributed by atoms with Gasteiger partial charge in [-0.25, -0.2) is 4.57 Å². The summed E-state index contributed by atoms with van der Waals surface area (Å²) in [6.07, 6.45) is 55.8. The van der Waals surface area contributed by atoms with Crippen LogP contribution in [-0.2, 0) is 32.7 Å². The molecule has 0 aromatic rings. The molecule has 0 spiro atoms. The zero-order valence-electron chi connectivity index (χ0n) is 38.1. The third-order valence-electron chi connectivity index (χ3n) is 8.80. The Bertz CT molecular complexity index is 1380. The molecule has 340 valence electrons. The predicted molar refractivity (Wildman–Crippen MR) is 251 cm³/mol. The molecule has 0 aromatic carbocycles. The van der Waals surface area contributed by atoms with Crippen molar-refractivity contribution in [2.24, 2.45) is 0 Å². The molecule has 0 aromatic heterocycles. The van der Waals surface area contributed by atoms with Gasteiger partial charge in [-0.2, -0.15) is 0 Å². The van der Waals surface area contributed by atoms with Gasteiger partial charge in [0.25, 0.3) is 0 Å². The van der Waals surface area contributed by atoms with Gasteiger partial charge in [0.15, 0.2) is 6.10 Å². The molecule has 2 atom stereocenters. The summed E-state index contributed by atoms with van der Waals surface area (Å²) >= 11 is 0. The molecule has 0 amide bonds. The van der Waals surface area contributed by atoms with Crippen molar-refractivity contribution in [3.63, 3.8) is 0 Å². The second-order valence-electron chi connectivity index (χ2n) is 15.7. The summed E-state index contributed by atoms with van der Waals surface area (Å²) in [4.78, 5) is 35.4. The Kier molecular flexibility index (Phi) is 38.8. The van der Waals surface area contributed by atoms with E-state index in [2.05, 4.69) is 111 Å². The number of phosphoric ester groups is 1. The minimum Gasteiger partial charge on any atom is -0.462 e. The van der Waals surface area contributed by atoms with E-state index in [-0.39, 0.29) is 26.1 Å². The number of carbonyl (C=O) groups is 2. The molecule has 0 aliphatic rings. The van der Waals surface area contributed by atoms with E-state index in [9.17, 15) is 19.0 Å². The molecule has 0 bridgehead atoms. The number of hydrogen-bond donors (Lipinski definition) is 1. The monoisotopic (exact) mass is 857 g/mol. The lowest BCUT2D eigenvalue weighted by molar-refractivity contribution is -0.870. The molecule has 1 unspecified atom stereocenters. The van der Waals surface area contributed by atoms with E-state index < -0.39 is 32.5 Å². The van der Waals surface area contributed by atoms with Gasteiger partial charge in [0.05, 0.1) is 27.7 Å². The third-order valence-corrected chi connectivity index (χ3v) is 9.78. The van der Waals surface area contributed by atoms with Crippen LogP contribution in [0.15, 0.2) is 109 Å². The van der Waals surface area contributed by atoms with Crippen LogP contribution < -0.4 is 0 Å². The van der Waals surface area contributed by atoms with Gasteiger partial charge in [0.1, 0.15) is 19.8 Å². The van der Waals surface area contributed by atoms with Crippen molar-refractivity contribution >= 4 is 19.8 Å². The van der Waals surface area contributed by atoms with Gasteiger partial charge in [0.2, 0.25) is 0 Å².